The van der Waals surface area contributed by atoms with Gasteiger partial charge in [-0.15, -0.1) is 0 Å². The highest BCUT2D eigenvalue weighted by atomic mass is 79.9. The Kier molecular flexibility index (Phi) is 6.18. The van der Waals surface area contributed by atoms with Gasteiger partial charge in [-0.3, -0.25) is 9.10 Å². The summed E-state index contributed by atoms with van der Waals surface area (Å²) < 4.78 is 40.2. The smallest absolute Gasteiger partial charge is 0.248 e. The Balaban J connectivity index is 2.42. The molecule has 2 aromatic rings. The molecule has 0 fully saturated rings. The van der Waals surface area contributed by atoms with Crippen LogP contribution in [0.1, 0.15) is 13.3 Å². The molecule has 0 bridgehead atoms. The van der Waals surface area contributed by atoms with Crippen LogP contribution in [0, 0.1) is 5.82 Å². The molecule has 0 radical (unpaired) electrons. The number of rotatable bonds is 6. The lowest BCUT2D eigenvalue weighted by Gasteiger charge is -2.30. The maximum absolute atomic E-state index is 14.2. The lowest BCUT2D eigenvalue weighted by atomic mass is 10.1. The zero-order valence-corrected chi connectivity index (χ0v) is 16.1. The second kappa shape index (κ2) is 7.97. The van der Waals surface area contributed by atoms with E-state index in [4.69, 9.17) is 0 Å². The highest BCUT2D eigenvalue weighted by Gasteiger charge is 2.33. The molecule has 2 rings (SSSR count). The van der Waals surface area contributed by atoms with Gasteiger partial charge in [-0.2, -0.15) is 0 Å². The molecule has 2 aromatic carbocycles. The van der Waals surface area contributed by atoms with E-state index in [1.165, 1.54) is 18.2 Å². The van der Waals surface area contributed by atoms with Crippen LogP contribution >= 0.6 is 15.9 Å². The van der Waals surface area contributed by atoms with Gasteiger partial charge in [0.05, 0.1) is 17.6 Å². The van der Waals surface area contributed by atoms with E-state index in [1.54, 1.807) is 31.2 Å². The molecule has 1 atom stereocenters. The SMILES string of the molecule is CC[C@H](C(=O)Nc1ccccc1Br)N(c1ccccc1F)S(C)(=O)=O. The molecule has 1 N–H and O–H groups in total. The number of para-hydroxylation sites is 2. The maximum Gasteiger partial charge on any atom is 0.248 e. The van der Waals surface area contributed by atoms with E-state index in [0.717, 1.165) is 16.6 Å². The summed E-state index contributed by atoms with van der Waals surface area (Å²) in [6.07, 6.45) is 1.13. The van der Waals surface area contributed by atoms with Gasteiger partial charge in [0.1, 0.15) is 11.9 Å². The molecule has 0 spiro atoms. The number of amides is 1. The fourth-order valence-electron chi connectivity index (χ4n) is 2.44. The summed E-state index contributed by atoms with van der Waals surface area (Å²) in [5.41, 5.74) is 0.354. The third-order valence-corrected chi connectivity index (χ3v) is 5.41. The van der Waals surface area contributed by atoms with Crippen molar-refractivity contribution in [2.45, 2.75) is 19.4 Å². The van der Waals surface area contributed by atoms with Crippen LogP contribution in [0.15, 0.2) is 53.0 Å². The molecule has 0 heterocycles. The first-order chi connectivity index (χ1) is 11.8. The normalized spacial score (nSPS) is 12.5. The second-order valence-corrected chi connectivity index (χ2v) is 8.12. The lowest BCUT2D eigenvalue weighted by Crippen LogP contribution is -2.47. The number of halogens is 2. The molecule has 0 aliphatic heterocycles. The van der Waals surface area contributed by atoms with Gasteiger partial charge in [0, 0.05) is 4.47 Å². The van der Waals surface area contributed by atoms with Crippen LogP contribution in [0.5, 0.6) is 0 Å². The number of nitrogens with zero attached hydrogens (tertiary/aromatic N) is 1. The molecule has 0 aromatic heterocycles. The molecule has 8 heteroatoms. The minimum absolute atomic E-state index is 0.154. The number of hydrogen-bond acceptors (Lipinski definition) is 3. The number of sulfonamides is 1. The van der Waals surface area contributed by atoms with Crippen molar-refractivity contribution in [3.05, 3.63) is 58.8 Å². The lowest BCUT2D eigenvalue weighted by molar-refractivity contribution is -0.117. The number of hydrogen-bond donors (Lipinski definition) is 1. The summed E-state index contributed by atoms with van der Waals surface area (Å²) in [6, 6.07) is 11.4. The third-order valence-electron chi connectivity index (χ3n) is 3.55. The zero-order chi connectivity index (χ0) is 18.6. The van der Waals surface area contributed by atoms with Crippen molar-refractivity contribution >= 4 is 43.2 Å². The van der Waals surface area contributed by atoms with E-state index in [2.05, 4.69) is 21.2 Å². The van der Waals surface area contributed by atoms with E-state index in [1.807, 2.05) is 0 Å². The largest absolute Gasteiger partial charge is 0.323 e. The average Bonchev–Trinajstić information content (AvgIpc) is 2.54. The predicted molar refractivity (Wildman–Crippen MR) is 101 cm³/mol. The Labute approximate surface area is 155 Å². The fraction of sp³-hybridized carbons (Fsp3) is 0.235. The summed E-state index contributed by atoms with van der Waals surface area (Å²) in [5.74, 6) is -1.25. The van der Waals surface area contributed by atoms with Crippen molar-refractivity contribution in [1.29, 1.82) is 0 Å². The van der Waals surface area contributed by atoms with Gasteiger partial charge in [0.2, 0.25) is 15.9 Å². The number of anilines is 2. The van der Waals surface area contributed by atoms with Gasteiger partial charge in [-0.05, 0) is 46.6 Å². The van der Waals surface area contributed by atoms with Crippen LogP contribution in [0.2, 0.25) is 0 Å². The van der Waals surface area contributed by atoms with Crippen LogP contribution in [0.4, 0.5) is 15.8 Å². The van der Waals surface area contributed by atoms with E-state index >= 15 is 0 Å². The molecule has 0 unspecified atom stereocenters. The van der Waals surface area contributed by atoms with Crippen LogP contribution in [-0.2, 0) is 14.8 Å². The molecule has 5 nitrogen and oxygen atoms in total. The van der Waals surface area contributed by atoms with Crippen LogP contribution < -0.4 is 9.62 Å². The Hall–Kier alpha value is -1.93. The van der Waals surface area contributed by atoms with Crippen molar-refractivity contribution in [2.75, 3.05) is 15.9 Å². The first-order valence-corrected chi connectivity index (χ1v) is 10.2. The van der Waals surface area contributed by atoms with Gasteiger partial charge < -0.3 is 5.32 Å². The first-order valence-electron chi connectivity index (χ1n) is 7.55. The molecular weight excluding hydrogens is 411 g/mol. The summed E-state index contributed by atoms with van der Waals surface area (Å²) in [5, 5.41) is 2.69. The highest BCUT2D eigenvalue weighted by Crippen LogP contribution is 2.27. The second-order valence-electron chi connectivity index (χ2n) is 5.40. The molecule has 134 valence electrons. The first kappa shape index (κ1) is 19.4. The summed E-state index contributed by atoms with van der Waals surface area (Å²) >= 11 is 3.32. The van der Waals surface area contributed by atoms with Gasteiger partial charge in [0.15, 0.2) is 0 Å². The summed E-state index contributed by atoms with van der Waals surface area (Å²) in [6.45, 7) is 1.67. The zero-order valence-electron chi connectivity index (χ0n) is 13.7. The van der Waals surface area contributed by atoms with Gasteiger partial charge >= 0.3 is 0 Å². The Morgan fingerprint density at radius 2 is 1.80 bits per heavy atom. The van der Waals surface area contributed by atoms with Crippen molar-refractivity contribution in [2.24, 2.45) is 0 Å². The monoisotopic (exact) mass is 428 g/mol. The number of nitrogens with one attached hydrogen (secondary N) is 1. The van der Waals surface area contributed by atoms with E-state index < -0.39 is 27.8 Å². The molecule has 0 saturated heterocycles. The summed E-state index contributed by atoms with van der Waals surface area (Å²) in [7, 11) is -3.88. The molecule has 25 heavy (non-hydrogen) atoms. The number of carbonyl (C=O) groups excluding carboxylic acids is 1. The predicted octanol–water partition coefficient (Wildman–Crippen LogP) is 3.77. The number of carbonyl (C=O) groups is 1. The van der Waals surface area contributed by atoms with Crippen LogP contribution in [0.25, 0.3) is 0 Å². The van der Waals surface area contributed by atoms with Crippen molar-refractivity contribution < 1.29 is 17.6 Å². The van der Waals surface area contributed by atoms with E-state index in [-0.39, 0.29) is 12.1 Å². The van der Waals surface area contributed by atoms with Crippen molar-refractivity contribution in [3.63, 3.8) is 0 Å². The van der Waals surface area contributed by atoms with Gasteiger partial charge in [-0.25, -0.2) is 12.8 Å². The molecule has 0 aliphatic carbocycles. The number of benzene rings is 2. The maximum atomic E-state index is 14.2. The average molecular weight is 429 g/mol. The molecular formula is C17H18BrFN2O3S. The minimum atomic E-state index is -3.88. The topological polar surface area (TPSA) is 66.5 Å². The summed E-state index contributed by atoms with van der Waals surface area (Å²) in [4.78, 5) is 12.7. The van der Waals surface area contributed by atoms with Crippen molar-refractivity contribution in [1.82, 2.24) is 0 Å². The Morgan fingerprint density at radius 3 is 2.36 bits per heavy atom. The fourth-order valence-corrected chi connectivity index (χ4v) is 4.04. The molecule has 0 aliphatic rings. The van der Waals surface area contributed by atoms with Gasteiger partial charge in [-0.1, -0.05) is 31.2 Å². The quantitative estimate of drug-likeness (QED) is 0.761. The van der Waals surface area contributed by atoms with E-state index in [9.17, 15) is 17.6 Å². The molecule has 0 saturated carbocycles. The Morgan fingerprint density at radius 1 is 1.20 bits per heavy atom. The van der Waals surface area contributed by atoms with Crippen LogP contribution in [0.3, 0.4) is 0 Å². The van der Waals surface area contributed by atoms with E-state index in [0.29, 0.717) is 10.2 Å². The standard InChI is InChI=1S/C17H18BrFN2O3S/c1-3-15(17(22)20-14-10-6-4-8-12(14)18)21(25(2,23)24)16-11-7-5-9-13(16)19/h4-11,15H,3H2,1-2H3,(H,20,22)/t15-/m1/s1. The third kappa shape index (κ3) is 4.58. The van der Waals surface area contributed by atoms with Crippen LogP contribution in [-0.4, -0.2) is 26.6 Å². The highest BCUT2D eigenvalue weighted by molar-refractivity contribution is 9.10. The Bertz CT molecular complexity index is 874. The minimum Gasteiger partial charge on any atom is -0.323 e. The van der Waals surface area contributed by atoms with Gasteiger partial charge in [0.25, 0.3) is 0 Å². The van der Waals surface area contributed by atoms with Crippen molar-refractivity contribution in [3.8, 4) is 0 Å². The molecule has 1 amide bonds.